The highest BCUT2D eigenvalue weighted by atomic mass is 32.1. The van der Waals surface area contributed by atoms with Crippen molar-refractivity contribution >= 4 is 24.8 Å². The standard InChI is InChI=1S/C13H20N8O4S/c22-12(11-2-1-9-5-19(11)13(23)20(9)25-26)17-24-6-8-3-10(4-14-8)21-16-7-15-18-21/h7-11,14,26H,1-6H2,(H,17,22)/t8-,9?,10-,11?/m0/s1. The molecule has 2 unspecified atom stereocenters. The van der Waals surface area contributed by atoms with Gasteiger partial charge in [0.15, 0.2) is 6.33 Å². The van der Waals surface area contributed by atoms with Crippen molar-refractivity contribution < 1.29 is 18.7 Å². The highest BCUT2D eigenvalue weighted by Crippen LogP contribution is 2.30. The fourth-order valence-electron chi connectivity index (χ4n) is 3.74. The SMILES string of the molecule is O=C(NOC[C@@H]1C[C@H](n2ncnn2)CN1)C1CCC2CN1C(=O)N2OS. The van der Waals surface area contributed by atoms with E-state index in [9.17, 15) is 9.59 Å². The molecular weight excluding hydrogens is 364 g/mol. The van der Waals surface area contributed by atoms with Crippen LogP contribution in [0.15, 0.2) is 6.33 Å². The van der Waals surface area contributed by atoms with Crippen molar-refractivity contribution in [3.63, 3.8) is 0 Å². The number of hydroxylamine groups is 3. The third-order valence-electron chi connectivity index (χ3n) is 5.06. The molecule has 142 valence electrons. The van der Waals surface area contributed by atoms with Crippen molar-refractivity contribution in [3.05, 3.63) is 6.33 Å². The number of nitrogens with zero attached hydrogens (tertiary/aromatic N) is 6. The second-order valence-electron chi connectivity index (χ2n) is 6.62. The molecule has 0 radical (unpaired) electrons. The van der Waals surface area contributed by atoms with Gasteiger partial charge in [-0.15, -0.1) is 10.2 Å². The first kappa shape index (κ1) is 17.5. The smallest absolute Gasteiger partial charge is 0.309 e. The van der Waals surface area contributed by atoms with Crippen molar-refractivity contribution in [2.75, 3.05) is 19.7 Å². The van der Waals surface area contributed by atoms with Gasteiger partial charge in [0.1, 0.15) is 6.04 Å². The van der Waals surface area contributed by atoms with Crippen LogP contribution < -0.4 is 10.8 Å². The molecule has 3 saturated heterocycles. The first-order valence-electron chi connectivity index (χ1n) is 8.46. The molecule has 4 rings (SSSR count). The van der Waals surface area contributed by atoms with E-state index in [0.717, 1.165) is 6.42 Å². The van der Waals surface area contributed by atoms with E-state index in [1.54, 1.807) is 4.80 Å². The maximum atomic E-state index is 12.4. The number of thiol groups is 1. The van der Waals surface area contributed by atoms with Gasteiger partial charge in [0.05, 0.1) is 18.7 Å². The van der Waals surface area contributed by atoms with Crippen LogP contribution in [0.2, 0.25) is 0 Å². The number of nitrogens with one attached hydrogen (secondary N) is 2. The van der Waals surface area contributed by atoms with Gasteiger partial charge < -0.3 is 10.2 Å². The Labute approximate surface area is 154 Å². The average molecular weight is 384 g/mol. The number of aromatic nitrogens is 4. The maximum Gasteiger partial charge on any atom is 0.345 e. The monoisotopic (exact) mass is 384 g/mol. The van der Waals surface area contributed by atoms with Crippen molar-refractivity contribution in [1.29, 1.82) is 0 Å². The summed E-state index contributed by atoms with van der Waals surface area (Å²) in [4.78, 5) is 33.0. The summed E-state index contributed by atoms with van der Waals surface area (Å²) in [5.41, 5.74) is 2.46. The number of rotatable bonds is 6. The van der Waals surface area contributed by atoms with Crippen LogP contribution >= 0.6 is 12.9 Å². The molecule has 1 aromatic rings. The van der Waals surface area contributed by atoms with Crippen LogP contribution in [0.5, 0.6) is 0 Å². The van der Waals surface area contributed by atoms with Gasteiger partial charge >= 0.3 is 6.03 Å². The van der Waals surface area contributed by atoms with E-state index in [1.807, 2.05) is 0 Å². The lowest BCUT2D eigenvalue weighted by Crippen LogP contribution is -2.50. The van der Waals surface area contributed by atoms with E-state index < -0.39 is 6.04 Å². The molecule has 4 atom stereocenters. The molecule has 26 heavy (non-hydrogen) atoms. The summed E-state index contributed by atoms with van der Waals surface area (Å²) in [6, 6.07) is -0.774. The second-order valence-corrected chi connectivity index (χ2v) is 6.78. The molecule has 2 bridgehead atoms. The van der Waals surface area contributed by atoms with E-state index in [4.69, 9.17) is 9.12 Å². The minimum Gasteiger partial charge on any atom is -0.309 e. The summed E-state index contributed by atoms with van der Waals surface area (Å²) in [7, 11) is 0. The van der Waals surface area contributed by atoms with Gasteiger partial charge in [0.25, 0.3) is 5.91 Å². The number of fused-ring (bicyclic) bond motifs is 2. The van der Waals surface area contributed by atoms with Crippen LogP contribution in [0, 0.1) is 0 Å². The Hall–Kier alpha value is -1.96. The van der Waals surface area contributed by atoms with Gasteiger partial charge in [-0.25, -0.2) is 14.6 Å². The van der Waals surface area contributed by atoms with E-state index in [1.165, 1.54) is 16.3 Å². The zero-order chi connectivity index (χ0) is 18.1. The van der Waals surface area contributed by atoms with Crippen molar-refractivity contribution in [1.82, 2.24) is 41.0 Å². The number of piperidine rings is 1. The topological polar surface area (TPSA) is 127 Å². The zero-order valence-electron chi connectivity index (χ0n) is 13.9. The zero-order valence-corrected chi connectivity index (χ0v) is 14.8. The average Bonchev–Trinajstić information content (AvgIpc) is 3.37. The number of amides is 3. The van der Waals surface area contributed by atoms with E-state index in [2.05, 4.69) is 39.1 Å². The van der Waals surface area contributed by atoms with Crippen LogP contribution in [0.1, 0.15) is 25.3 Å². The molecule has 13 heteroatoms. The molecule has 3 aliphatic rings. The molecule has 3 fully saturated rings. The van der Waals surface area contributed by atoms with Gasteiger partial charge in [0, 0.05) is 32.0 Å². The number of hydrogen-bond donors (Lipinski definition) is 3. The van der Waals surface area contributed by atoms with Crippen LogP contribution in [0.3, 0.4) is 0 Å². The minimum absolute atomic E-state index is 0.0602. The van der Waals surface area contributed by atoms with Gasteiger partial charge in [-0.3, -0.25) is 9.63 Å². The molecule has 0 aromatic carbocycles. The second kappa shape index (κ2) is 7.34. The molecule has 3 aliphatic heterocycles. The Bertz CT molecular complexity index is 661. The predicted octanol–water partition coefficient (Wildman–Crippen LogP) is -1.33. The molecule has 2 N–H and O–H groups in total. The highest BCUT2D eigenvalue weighted by molar-refractivity contribution is 7.75. The summed E-state index contributed by atoms with van der Waals surface area (Å²) in [5.74, 6) is -0.328. The molecular formula is C13H20N8O4S. The Morgan fingerprint density at radius 1 is 1.42 bits per heavy atom. The first-order chi connectivity index (χ1) is 12.7. The van der Waals surface area contributed by atoms with Crippen LogP contribution in [0.4, 0.5) is 4.79 Å². The molecule has 1 aromatic heterocycles. The van der Waals surface area contributed by atoms with Crippen molar-refractivity contribution in [3.8, 4) is 0 Å². The third-order valence-corrected chi connectivity index (χ3v) is 5.24. The van der Waals surface area contributed by atoms with Gasteiger partial charge in [-0.1, -0.05) is 0 Å². The normalized spacial score (nSPS) is 30.9. The van der Waals surface area contributed by atoms with Crippen LogP contribution in [-0.2, 0) is 13.9 Å². The van der Waals surface area contributed by atoms with Gasteiger partial charge in [-0.05, 0) is 24.5 Å². The Kier molecular flexibility index (Phi) is 4.93. The fraction of sp³-hybridized carbons (Fsp3) is 0.769. The lowest BCUT2D eigenvalue weighted by atomic mass is 10.0. The first-order valence-corrected chi connectivity index (χ1v) is 8.82. The number of carbonyl (C=O) groups is 2. The molecule has 0 spiro atoms. The molecule has 3 amide bonds. The Balaban J connectivity index is 1.23. The number of urea groups is 1. The summed E-state index contributed by atoms with van der Waals surface area (Å²) >= 11 is 3.71. The fourth-order valence-corrected chi connectivity index (χ4v) is 3.94. The Morgan fingerprint density at radius 2 is 2.31 bits per heavy atom. The summed E-state index contributed by atoms with van der Waals surface area (Å²) < 4.78 is 4.80. The summed E-state index contributed by atoms with van der Waals surface area (Å²) in [6.45, 7) is 1.48. The van der Waals surface area contributed by atoms with E-state index in [0.29, 0.717) is 32.5 Å². The van der Waals surface area contributed by atoms with Crippen molar-refractivity contribution in [2.45, 2.75) is 43.4 Å². The molecule has 4 heterocycles. The van der Waals surface area contributed by atoms with Gasteiger partial charge in [-0.2, -0.15) is 9.86 Å². The maximum absolute atomic E-state index is 12.4. The molecule has 0 saturated carbocycles. The molecule has 12 nitrogen and oxygen atoms in total. The van der Waals surface area contributed by atoms with E-state index >= 15 is 0 Å². The highest BCUT2D eigenvalue weighted by Gasteiger charge is 2.48. The lowest BCUT2D eigenvalue weighted by Gasteiger charge is -2.29. The quantitative estimate of drug-likeness (QED) is 0.313. The number of tetrazole rings is 1. The minimum atomic E-state index is -0.559. The lowest BCUT2D eigenvalue weighted by molar-refractivity contribution is -0.139. The van der Waals surface area contributed by atoms with Crippen molar-refractivity contribution in [2.24, 2.45) is 0 Å². The molecule has 0 aliphatic carbocycles. The van der Waals surface area contributed by atoms with Gasteiger partial charge in [0.2, 0.25) is 0 Å². The summed E-state index contributed by atoms with van der Waals surface area (Å²) in [6.07, 6.45) is 3.41. The largest absolute Gasteiger partial charge is 0.345 e. The van der Waals surface area contributed by atoms with Crippen LogP contribution in [-0.4, -0.2) is 79.9 Å². The predicted molar refractivity (Wildman–Crippen MR) is 88.2 cm³/mol. The summed E-state index contributed by atoms with van der Waals surface area (Å²) in [5, 5.41) is 16.1. The van der Waals surface area contributed by atoms with E-state index in [-0.39, 0.29) is 30.1 Å². The number of hydrogen-bond acceptors (Lipinski definition) is 9. The third kappa shape index (κ3) is 3.22. The number of carbonyl (C=O) groups excluding carboxylic acids is 2. The van der Waals surface area contributed by atoms with Crippen LogP contribution in [0.25, 0.3) is 0 Å². The Morgan fingerprint density at radius 3 is 3.08 bits per heavy atom.